The van der Waals surface area contributed by atoms with Crippen molar-refractivity contribution in [3.05, 3.63) is 47.7 Å². The number of alkyl halides is 1. The van der Waals surface area contributed by atoms with Crippen LogP contribution in [0.2, 0.25) is 0 Å². The van der Waals surface area contributed by atoms with Gasteiger partial charge in [-0.15, -0.1) is 6.42 Å². The zero-order valence-corrected chi connectivity index (χ0v) is 46.9. The SMILES string of the molecule is C#Cc1c(F)ccc2cc(OO)cc(-c3ncc4c(N5CC(C)CC(N)C5)nc(OC)nc4c3F)c12.CCCCCCCCCC(=O)OCC(O)COC(=O)CCCCCCCCC.F[C@@H]1CC2CCCN2C1.[Y]. The van der Waals surface area contributed by atoms with Crippen molar-refractivity contribution in [1.29, 1.82) is 0 Å². The van der Waals surface area contributed by atoms with Crippen LogP contribution in [0.15, 0.2) is 30.5 Å². The summed E-state index contributed by atoms with van der Waals surface area (Å²) in [7, 11) is 1.40. The van der Waals surface area contributed by atoms with Gasteiger partial charge in [-0.3, -0.25) is 19.5 Å². The van der Waals surface area contributed by atoms with E-state index in [0.717, 1.165) is 57.9 Å². The van der Waals surface area contributed by atoms with Crippen molar-refractivity contribution in [2.75, 3.05) is 51.4 Å². The number of aliphatic hydroxyl groups is 1. The number of fused-ring (bicyclic) bond motifs is 3. The van der Waals surface area contributed by atoms with Gasteiger partial charge in [0.15, 0.2) is 11.6 Å². The molecule has 3 unspecified atom stereocenters. The molecule has 0 amide bonds. The van der Waals surface area contributed by atoms with Crippen LogP contribution in [0.25, 0.3) is 32.9 Å². The molecular weight excluding hydrogens is 1030 g/mol. The van der Waals surface area contributed by atoms with Gasteiger partial charge in [0.05, 0.1) is 18.1 Å². The summed E-state index contributed by atoms with van der Waals surface area (Å²) >= 11 is 0. The maximum atomic E-state index is 16.2. The smallest absolute Gasteiger partial charge is 0.318 e. The third-order valence-electron chi connectivity index (χ3n) is 13.7. The van der Waals surface area contributed by atoms with Gasteiger partial charge >= 0.3 is 17.9 Å². The van der Waals surface area contributed by atoms with Crippen molar-refractivity contribution in [2.24, 2.45) is 11.7 Å². The molecule has 5 heterocycles. The molecular formula is C56H79F3N6O8Y. The number of nitrogens with two attached hydrogens (primary N) is 1. The molecule has 7 rings (SSSR count). The van der Waals surface area contributed by atoms with E-state index in [1.54, 1.807) is 0 Å². The summed E-state index contributed by atoms with van der Waals surface area (Å²) in [4.78, 5) is 45.1. The number of rotatable bonds is 24. The van der Waals surface area contributed by atoms with Crippen molar-refractivity contribution in [3.8, 4) is 35.4 Å². The summed E-state index contributed by atoms with van der Waals surface area (Å²) < 4.78 is 58.7. The third-order valence-corrected chi connectivity index (χ3v) is 13.7. The van der Waals surface area contributed by atoms with E-state index < -0.39 is 23.9 Å². The number of aromatic nitrogens is 3. The minimum Gasteiger partial charge on any atom is -0.467 e. The van der Waals surface area contributed by atoms with E-state index >= 15 is 4.39 Å². The van der Waals surface area contributed by atoms with Crippen LogP contribution in [0.1, 0.15) is 155 Å². The summed E-state index contributed by atoms with van der Waals surface area (Å²) in [5.41, 5.74) is 6.12. The summed E-state index contributed by atoms with van der Waals surface area (Å²) in [6.07, 6.45) is 26.6. The molecule has 0 aliphatic carbocycles. The predicted molar refractivity (Wildman–Crippen MR) is 279 cm³/mol. The molecule has 1 radical (unpaired) electrons. The monoisotopic (exact) mass is 1110 g/mol. The average molecular weight is 1110 g/mol. The Balaban J connectivity index is 0.000000276. The molecule has 14 nitrogen and oxygen atoms in total. The Morgan fingerprint density at radius 1 is 0.892 bits per heavy atom. The zero-order chi connectivity index (χ0) is 52.7. The molecule has 2 aromatic carbocycles. The largest absolute Gasteiger partial charge is 0.467 e. The fourth-order valence-electron chi connectivity index (χ4n) is 9.96. The first-order chi connectivity index (χ1) is 35.3. The summed E-state index contributed by atoms with van der Waals surface area (Å²) in [5, 5.41) is 20.1. The van der Waals surface area contributed by atoms with E-state index in [4.69, 9.17) is 26.4 Å². The van der Waals surface area contributed by atoms with E-state index in [2.05, 4.69) is 51.4 Å². The number of methoxy groups -OCH3 is 1. The van der Waals surface area contributed by atoms with Gasteiger partial charge < -0.3 is 34.8 Å². The van der Waals surface area contributed by atoms with Gasteiger partial charge in [0.25, 0.3) is 0 Å². The first-order valence-electron chi connectivity index (χ1n) is 26.6. The molecule has 405 valence electrons. The van der Waals surface area contributed by atoms with Crippen molar-refractivity contribution in [3.63, 3.8) is 0 Å². The Hall–Kier alpha value is -4.18. The minimum absolute atomic E-state index is 0. The number of piperidine rings is 1. The molecule has 0 saturated carbocycles. The first kappa shape index (κ1) is 62.4. The molecule has 18 heteroatoms. The second kappa shape index (κ2) is 33.1. The second-order valence-corrected chi connectivity index (χ2v) is 19.8. The average Bonchev–Trinajstić information content (AvgIpc) is 3.97. The molecule has 2 aromatic heterocycles. The number of ether oxygens (including phenoxy) is 3. The van der Waals surface area contributed by atoms with Crippen LogP contribution in [0.5, 0.6) is 11.8 Å². The summed E-state index contributed by atoms with van der Waals surface area (Å²) in [5.74, 6) is 1.10. The number of esters is 2. The van der Waals surface area contributed by atoms with Crippen LogP contribution in [0, 0.1) is 29.9 Å². The minimum atomic E-state index is -0.948. The number of terminal acetylenes is 1. The number of anilines is 1. The number of carbonyl (C=O) groups is 2. The normalized spacial score (nSPS) is 18.2. The molecule has 3 aliphatic heterocycles. The summed E-state index contributed by atoms with van der Waals surface area (Å²) in [6.45, 7) is 9.33. The number of nitrogens with zero attached hydrogens (tertiary/aromatic N) is 5. The molecule has 3 fully saturated rings. The number of unbranched alkanes of at least 4 members (excludes halogenated alkanes) is 12. The number of halogens is 3. The van der Waals surface area contributed by atoms with Gasteiger partial charge in [0, 0.05) is 94.4 Å². The maximum Gasteiger partial charge on any atom is 0.318 e. The van der Waals surface area contributed by atoms with Crippen LogP contribution < -0.4 is 20.3 Å². The standard InChI is InChI=1S/C26H23F2N5O3.C23H44O5.C7H12FN.Y/c1-4-17-20(27)6-5-14-8-16(36-34)9-18(21(14)17)23-22(28)24-19(10-30-23)25(32-26(31-24)35-3)33-11-13(2)7-15(29)12-33;1-3-5-7-9-11-13-15-17-22(25)27-19-21(24)20-28-23(26)18-16-14-12-10-8-6-4-2;8-6-4-7-2-1-3-9(7)5-6;/h1,5-6,8-10,13,15,34H,7,11-12,29H2,2-3H3;21,24H,3-20H2,1-2H3;6-7H,1-5H2;/t;;6-,7?;/m..1./s1. The molecule has 0 spiro atoms. The third kappa shape index (κ3) is 19.1. The zero-order valence-electron chi connectivity index (χ0n) is 44.1. The van der Waals surface area contributed by atoms with Crippen LogP contribution in [-0.4, -0.2) is 113 Å². The topological polar surface area (TPSA) is 183 Å². The second-order valence-electron chi connectivity index (χ2n) is 19.8. The van der Waals surface area contributed by atoms with Gasteiger partial charge in [-0.1, -0.05) is 110 Å². The Kier molecular flexibility index (Phi) is 27.9. The van der Waals surface area contributed by atoms with Crippen molar-refractivity contribution >= 4 is 39.4 Å². The van der Waals surface area contributed by atoms with E-state index in [9.17, 15) is 28.7 Å². The fraction of sp³-hybridized carbons (Fsp3) is 0.625. The Labute approximate surface area is 461 Å². The number of benzene rings is 2. The Morgan fingerprint density at radius 2 is 1.51 bits per heavy atom. The van der Waals surface area contributed by atoms with Crippen molar-refractivity contribution in [2.45, 2.75) is 174 Å². The number of pyridine rings is 1. The molecule has 0 bridgehead atoms. The van der Waals surface area contributed by atoms with E-state index in [1.807, 2.05) is 4.90 Å². The van der Waals surface area contributed by atoms with Crippen molar-refractivity contribution in [1.82, 2.24) is 19.9 Å². The van der Waals surface area contributed by atoms with Gasteiger partial charge in [-0.2, -0.15) is 9.97 Å². The molecule has 3 saturated heterocycles. The van der Waals surface area contributed by atoms with Crippen LogP contribution in [0.3, 0.4) is 0 Å². The van der Waals surface area contributed by atoms with E-state index in [0.29, 0.717) is 61.0 Å². The number of hydrogen-bond acceptors (Lipinski definition) is 14. The molecule has 4 N–H and O–H groups in total. The summed E-state index contributed by atoms with van der Waals surface area (Å²) in [6, 6.07) is 5.98. The fourth-order valence-corrected chi connectivity index (χ4v) is 9.96. The predicted octanol–water partition coefficient (Wildman–Crippen LogP) is 11.0. The van der Waals surface area contributed by atoms with Gasteiger partial charge in [0.1, 0.15) is 48.3 Å². The quantitative estimate of drug-likeness (QED) is 0.0198. The van der Waals surface area contributed by atoms with Crippen molar-refractivity contribution < 1.29 is 84.9 Å². The van der Waals surface area contributed by atoms with E-state index in [1.165, 1.54) is 102 Å². The Bertz CT molecular complexity index is 2360. The Morgan fingerprint density at radius 3 is 2.08 bits per heavy atom. The molecule has 4 atom stereocenters. The number of hydrogen-bond donors (Lipinski definition) is 3. The number of aliphatic hydroxyl groups excluding tert-OH is 1. The van der Waals surface area contributed by atoms with Crippen LogP contribution in [0.4, 0.5) is 19.0 Å². The van der Waals surface area contributed by atoms with E-state index in [-0.39, 0.29) is 103 Å². The van der Waals surface area contributed by atoms with Crippen LogP contribution in [-0.2, 0) is 51.8 Å². The molecule has 3 aliphatic rings. The van der Waals surface area contributed by atoms with Crippen LogP contribution >= 0.6 is 0 Å². The van der Waals surface area contributed by atoms with Gasteiger partial charge in [-0.05, 0) is 74.6 Å². The molecule has 74 heavy (non-hydrogen) atoms. The maximum absolute atomic E-state index is 16.2. The van der Waals surface area contributed by atoms with Gasteiger partial charge in [-0.25, -0.2) is 18.4 Å². The van der Waals surface area contributed by atoms with Gasteiger partial charge in [0.2, 0.25) is 0 Å². The molecule has 4 aromatic rings. The first-order valence-corrected chi connectivity index (χ1v) is 26.6. The number of carbonyl (C=O) groups excluding carboxylic acids is 2.